The van der Waals surface area contributed by atoms with Gasteiger partial charge in [0.1, 0.15) is 6.61 Å². The average Bonchev–Trinajstić information content (AvgIpc) is 2.03. The third-order valence-electron chi connectivity index (χ3n) is 2.11. The summed E-state index contributed by atoms with van der Waals surface area (Å²) in [4.78, 5) is 16.2. The van der Waals surface area contributed by atoms with Gasteiger partial charge < -0.3 is 4.84 Å². The van der Waals surface area contributed by atoms with Crippen LogP contribution in [0, 0.1) is 16.7 Å². The Kier molecular flexibility index (Phi) is 3.28. The van der Waals surface area contributed by atoms with E-state index >= 15 is 0 Å². The maximum atomic E-state index is 9.90. The number of likely N-dealkylation sites (N-methyl/N-ethyl adjacent to an activating group) is 1. The van der Waals surface area contributed by atoms with Gasteiger partial charge >= 0.3 is 0 Å². The lowest BCUT2D eigenvalue weighted by Gasteiger charge is -2.30. The summed E-state index contributed by atoms with van der Waals surface area (Å²) in [5, 5.41) is 9.17. The molecular weight excluding hydrogens is 160 g/mol. The van der Waals surface area contributed by atoms with E-state index in [0.717, 1.165) is 19.3 Å². The molecular formula is C7H13N2O3. The molecule has 5 heteroatoms. The minimum Gasteiger partial charge on any atom is -0.312 e. The van der Waals surface area contributed by atoms with E-state index in [0.29, 0.717) is 0 Å². The predicted molar refractivity (Wildman–Crippen MR) is 42.6 cm³/mol. The van der Waals surface area contributed by atoms with E-state index in [9.17, 15) is 10.1 Å². The Morgan fingerprint density at radius 2 is 2.58 bits per heavy atom. The van der Waals surface area contributed by atoms with Crippen LogP contribution in [0.5, 0.6) is 0 Å². The van der Waals surface area contributed by atoms with Gasteiger partial charge in [-0.2, -0.15) is 0 Å². The third-order valence-corrected chi connectivity index (χ3v) is 2.11. The third kappa shape index (κ3) is 2.65. The standard InChI is InChI=1S/C7H13N2O3/c1-8-5-3-2-4-7(8)6-12-9(10)11/h5,7H,2-4,6H2,1H3. The van der Waals surface area contributed by atoms with Crippen LogP contribution >= 0.6 is 0 Å². The maximum Gasteiger partial charge on any atom is 0.294 e. The molecule has 69 valence electrons. The molecule has 0 amide bonds. The molecule has 1 rings (SSSR count). The monoisotopic (exact) mass is 173 g/mol. The van der Waals surface area contributed by atoms with Gasteiger partial charge in [-0.15, -0.1) is 10.1 Å². The van der Waals surface area contributed by atoms with Crippen molar-refractivity contribution in [1.29, 1.82) is 0 Å². The minimum absolute atomic E-state index is 0.171. The van der Waals surface area contributed by atoms with Gasteiger partial charge in [-0.3, -0.25) is 4.90 Å². The predicted octanol–water partition coefficient (Wildman–Crippen LogP) is 0.841. The Morgan fingerprint density at radius 3 is 3.17 bits per heavy atom. The van der Waals surface area contributed by atoms with E-state index in [1.165, 1.54) is 0 Å². The molecule has 1 saturated heterocycles. The molecule has 0 aromatic rings. The van der Waals surface area contributed by atoms with E-state index in [4.69, 9.17) is 0 Å². The van der Waals surface area contributed by atoms with Gasteiger partial charge in [0, 0.05) is 12.6 Å². The van der Waals surface area contributed by atoms with Crippen LogP contribution in [0.2, 0.25) is 0 Å². The van der Waals surface area contributed by atoms with Crippen LogP contribution in [0.1, 0.15) is 19.3 Å². The van der Waals surface area contributed by atoms with Crippen molar-refractivity contribution in [2.75, 3.05) is 13.7 Å². The molecule has 1 heterocycles. The Labute approximate surface area is 71.4 Å². The first-order valence-corrected chi connectivity index (χ1v) is 4.02. The summed E-state index contributed by atoms with van der Waals surface area (Å²) in [6, 6.07) is 0.171. The van der Waals surface area contributed by atoms with E-state index in [1.807, 2.05) is 11.9 Å². The second kappa shape index (κ2) is 4.25. The van der Waals surface area contributed by atoms with Gasteiger partial charge in [0.2, 0.25) is 0 Å². The molecule has 0 spiro atoms. The van der Waals surface area contributed by atoms with Crippen molar-refractivity contribution in [3.63, 3.8) is 0 Å². The fourth-order valence-electron chi connectivity index (χ4n) is 1.35. The molecule has 1 fully saturated rings. The SMILES string of the molecule is CN1[CH]CCCC1CO[N+](=O)[O-]. The van der Waals surface area contributed by atoms with Gasteiger partial charge in [-0.25, -0.2) is 0 Å². The van der Waals surface area contributed by atoms with Crippen molar-refractivity contribution in [3.05, 3.63) is 16.7 Å². The molecule has 0 aliphatic carbocycles. The first-order chi connectivity index (χ1) is 5.70. The second-order valence-corrected chi connectivity index (χ2v) is 2.95. The fourth-order valence-corrected chi connectivity index (χ4v) is 1.35. The van der Waals surface area contributed by atoms with Crippen LogP contribution in [0.25, 0.3) is 0 Å². The lowest BCUT2D eigenvalue weighted by atomic mass is 10.0. The maximum absolute atomic E-state index is 9.90. The Morgan fingerprint density at radius 1 is 1.83 bits per heavy atom. The van der Waals surface area contributed by atoms with E-state index in [-0.39, 0.29) is 12.6 Å². The van der Waals surface area contributed by atoms with Gasteiger partial charge in [0.15, 0.2) is 0 Å². The summed E-state index contributed by atoms with van der Waals surface area (Å²) < 4.78 is 0. The minimum atomic E-state index is -0.734. The Hall–Kier alpha value is -0.840. The van der Waals surface area contributed by atoms with Crippen LogP contribution in [-0.4, -0.2) is 29.7 Å². The molecule has 1 aliphatic heterocycles. The zero-order valence-corrected chi connectivity index (χ0v) is 7.10. The van der Waals surface area contributed by atoms with Gasteiger partial charge in [0.25, 0.3) is 5.09 Å². The number of likely N-dealkylation sites (tertiary alicyclic amines) is 1. The fraction of sp³-hybridized carbons (Fsp3) is 0.857. The highest BCUT2D eigenvalue weighted by Gasteiger charge is 2.19. The van der Waals surface area contributed by atoms with Crippen molar-refractivity contribution < 1.29 is 9.92 Å². The quantitative estimate of drug-likeness (QED) is 0.468. The van der Waals surface area contributed by atoms with Gasteiger partial charge in [0.05, 0.1) is 0 Å². The molecule has 0 bridgehead atoms. The van der Waals surface area contributed by atoms with Gasteiger partial charge in [-0.05, 0) is 19.9 Å². The molecule has 1 aliphatic rings. The number of piperidine rings is 1. The topological polar surface area (TPSA) is 55.6 Å². The number of hydrogen-bond acceptors (Lipinski definition) is 4. The van der Waals surface area contributed by atoms with Crippen LogP contribution in [0.3, 0.4) is 0 Å². The number of nitrogens with zero attached hydrogens (tertiary/aromatic N) is 2. The lowest BCUT2D eigenvalue weighted by molar-refractivity contribution is -0.758. The zero-order chi connectivity index (χ0) is 8.97. The molecule has 0 aromatic carbocycles. The highest BCUT2D eigenvalue weighted by molar-refractivity contribution is 4.80. The summed E-state index contributed by atoms with van der Waals surface area (Å²) in [5.41, 5.74) is 0. The Bertz CT molecular complexity index is 163. The lowest BCUT2D eigenvalue weighted by Crippen LogP contribution is -2.37. The summed E-state index contributed by atoms with van der Waals surface area (Å²) in [6.07, 6.45) is 3.13. The zero-order valence-electron chi connectivity index (χ0n) is 7.10. The van der Waals surface area contributed by atoms with E-state index in [1.54, 1.807) is 0 Å². The van der Waals surface area contributed by atoms with Crippen molar-refractivity contribution in [3.8, 4) is 0 Å². The number of hydrogen-bond donors (Lipinski definition) is 0. The molecule has 1 radical (unpaired) electrons. The summed E-state index contributed by atoms with van der Waals surface area (Å²) >= 11 is 0. The summed E-state index contributed by atoms with van der Waals surface area (Å²) in [7, 11) is 1.92. The van der Waals surface area contributed by atoms with Crippen LogP contribution < -0.4 is 0 Å². The highest BCUT2D eigenvalue weighted by atomic mass is 16.9. The van der Waals surface area contributed by atoms with Crippen LogP contribution in [0.4, 0.5) is 0 Å². The van der Waals surface area contributed by atoms with E-state index < -0.39 is 5.09 Å². The normalized spacial score (nSPS) is 25.2. The van der Waals surface area contributed by atoms with Crippen molar-refractivity contribution in [2.45, 2.75) is 25.3 Å². The van der Waals surface area contributed by atoms with Gasteiger partial charge in [-0.1, -0.05) is 6.42 Å². The average molecular weight is 173 g/mol. The molecule has 5 nitrogen and oxygen atoms in total. The molecule has 12 heavy (non-hydrogen) atoms. The van der Waals surface area contributed by atoms with E-state index in [2.05, 4.69) is 11.4 Å². The molecule has 1 atom stereocenters. The molecule has 0 N–H and O–H groups in total. The van der Waals surface area contributed by atoms with Crippen molar-refractivity contribution >= 4 is 0 Å². The van der Waals surface area contributed by atoms with Crippen molar-refractivity contribution in [1.82, 2.24) is 4.90 Å². The Balaban J connectivity index is 2.24. The van der Waals surface area contributed by atoms with Crippen LogP contribution in [-0.2, 0) is 4.84 Å². The van der Waals surface area contributed by atoms with Crippen LogP contribution in [0.15, 0.2) is 0 Å². The summed E-state index contributed by atoms with van der Waals surface area (Å²) in [6.45, 7) is 2.23. The summed E-state index contributed by atoms with van der Waals surface area (Å²) in [5.74, 6) is 0. The smallest absolute Gasteiger partial charge is 0.294 e. The second-order valence-electron chi connectivity index (χ2n) is 2.95. The largest absolute Gasteiger partial charge is 0.312 e. The molecule has 1 unspecified atom stereocenters. The first kappa shape index (κ1) is 9.25. The van der Waals surface area contributed by atoms with Crippen molar-refractivity contribution in [2.24, 2.45) is 0 Å². The number of rotatable bonds is 3. The molecule has 0 aromatic heterocycles. The highest BCUT2D eigenvalue weighted by Crippen LogP contribution is 2.17. The first-order valence-electron chi connectivity index (χ1n) is 4.02. The molecule has 0 saturated carbocycles.